The standard InChI is InChI=1S/C28H25N5O3/c1-16(2)24(25-29-20-12-6-7-13-21(20)30-25)31-23(34)15-32-26-17-9-3-4-10-18(17)28(36)33(26)22-14-8-5-11-19(22)27(32)35/h3-14,16,24,26H,15H2,1-2H3,(H,29,30)(H,31,34). The molecule has 0 saturated heterocycles. The Hall–Kier alpha value is -4.46. The van der Waals surface area contributed by atoms with Crippen molar-refractivity contribution in [2.45, 2.75) is 26.1 Å². The third-order valence-electron chi connectivity index (χ3n) is 6.88. The Bertz CT molecular complexity index is 1490. The van der Waals surface area contributed by atoms with Crippen LogP contribution in [0.3, 0.4) is 0 Å². The van der Waals surface area contributed by atoms with Crippen LogP contribution in [0.5, 0.6) is 0 Å². The van der Waals surface area contributed by atoms with Crippen molar-refractivity contribution in [3.8, 4) is 0 Å². The number of H-pyrrole nitrogens is 1. The number of carbonyl (C=O) groups excluding carboxylic acids is 3. The van der Waals surface area contributed by atoms with Gasteiger partial charge in [-0.2, -0.15) is 0 Å². The second-order valence-electron chi connectivity index (χ2n) is 9.51. The van der Waals surface area contributed by atoms with Gasteiger partial charge >= 0.3 is 0 Å². The molecule has 3 aromatic carbocycles. The van der Waals surface area contributed by atoms with Crippen LogP contribution in [-0.4, -0.2) is 39.1 Å². The van der Waals surface area contributed by atoms with Gasteiger partial charge in [0, 0.05) is 11.1 Å². The summed E-state index contributed by atoms with van der Waals surface area (Å²) in [6, 6.07) is 21.6. The normalized spacial score (nSPS) is 17.2. The van der Waals surface area contributed by atoms with Crippen molar-refractivity contribution >= 4 is 34.4 Å². The van der Waals surface area contributed by atoms with Gasteiger partial charge in [-0.15, -0.1) is 0 Å². The van der Waals surface area contributed by atoms with Gasteiger partial charge in [-0.3, -0.25) is 19.3 Å². The highest BCUT2D eigenvalue weighted by Gasteiger charge is 2.48. The molecule has 4 aromatic rings. The molecule has 2 N–H and O–H groups in total. The number of rotatable bonds is 5. The number of carbonyl (C=O) groups is 3. The fourth-order valence-corrected chi connectivity index (χ4v) is 5.18. The van der Waals surface area contributed by atoms with Crippen molar-refractivity contribution in [3.63, 3.8) is 0 Å². The molecule has 180 valence electrons. The van der Waals surface area contributed by atoms with E-state index in [-0.39, 0.29) is 36.2 Å². The van der Waals surface area contributed by atoms with E-state index in [1.165, 1.54) is 4.90 Å². The first-order valence-electron chi connectivity index (χ1n) is 12.0. The van der Waals surface area contributed by atoms with Gasteiger partial charge in [0.1, 0.15) is 18.5 Å². The summed E-state index contributed by atoms with van der Waals surface area (Å²) in [5.74, 6) is -0.0613. The topological polar surface area (TPSA) is 98.4 Å². The Morgan fingerprint density at radius 3 is 2.42 bits per heavy atom. The molecule has 36 heavy (non-hydrogen) atoms. The smallest absolute Gasteiger partial charge is 0.260 e. The number of anilines is 1. The van der Waals surface area contributed by atoms with Crippen molar-refractivity contribution in [3.05, 3.63) is 95.3 Å². The van der Waals surface area contributed by atoms with Crippen LogP contribution in [0.2, 0.25) is 0 Å². The maximum atomic E-state index is 13.6. The average molecular weight is 480 g/mol. The van der Waals surface area contributed by atoms with Gasteiger partial charge in [0.15, 0.2) is 0 Å². The minimum Gasteiger partial charge on any atom is -0.344 e. The maximum Gasteiger partial charge on any atom is 0.260 e. The lowest BCUT2D eigenvalue weighted by Crippen LogP contribution is -2.52. The monoisotopic (exact) mass is 479 g/mol. The van der Waals surface area contributed by atoms with E-state index in [0.717, 1.165) is 16.6 Å². The van der Waals surface area contributed by atoms with E-state index in [0.29, 0.717) is 22.6 Å². The number of benzene rings is 3. The summed E-state index contributed by atoms with van der Waals surface area (Å²) in [5, 5.41) is 3.07. The molecule has 0 spiro atoms. The van der Waals surface area contributed by atoms with E-state index >= 15 is 0 Å². The predicted molar refractivity (Wildman–Crippen MR) is 135 cm³/mol. The largest absolute Gasteiger partial charge is 0.344 e. The van der Waals surface area contributed by atoms with Crippen molar-refractivity contribution in [2.24, 2.45) is 5.92 Å². The fraction of sp³-hybridized carbons (Fsp3) is 0.214. The summed E-state index contributed by atoms with van der Waals surface area (Å²) in [6.45, 7) is 3.82. The lowest BCUT2D eigenvalue weighted by molar-refractivity contribution is -0.123. The SMILES string of the molecule is CC(C)C(NC(=O)CN1C(=O)c2ccccc2N2C(=O)c3ccccc3C12)c1nc2ccccc2[nH]1. The Morgan fingerprint density at radius 1 is 0.944 bits per heavy atom. The summed E-state index contributed by atoms with van der Waals surface area (Å²) < 4.78 is 0. The number of aromatic amines is 1. The number of fused-ring (bicyclic) bond motifs is 6. The number of nitrogens with zero attached hydrogens (tertiary/aromatic N) is 3. The first-order chi connectivity index (χ1) is 17.4. The zero-order valence-corrected chi connectivity index (χ0v) is 19.9. The fourth-order valence-electron chi connectivity index (χ4n) is 5.18. The molecule has 1 aromatic heterocycles. The predicted octanol–water partition coefficient (Wildman–Crippen LogP) is 4.19. The van der Waals surface area contributed by atoms with Crippen LogP contribution in [0.25, 0.3) is 11.0 Å². The number of imidazole rings is 1. The summed E-state index contributed by atoms with van der Waals surface area (Å²) in [4.78, 5) is 51.4. The number of nitrogens with one attached hydrogen (secondary N) is 2. The van der Waals surface area contributed by atoms with E-state index in [1.54, 1.807) is 35.2 Å². The summed E-state index contributed by atoms with van der Waals surface area (Å²) in [6.07, 6.45) is -0.675. The van der Waals surface area contributed by atoms with Crippen LogP contribution in [0.15, 0.2) is 72.8 Å². The molecular weight excluding hydrogens is 454 g/mol. The molecule has 0 bridgehead atoms. The zero-order valence-electron chi connectivity index (χ0n) is 19.9. The van der Waals surface area contributed by atoms with Gasteiger partial charge in [-0.25, -0.2) is 4.98 Å². The molecule has 0 radical (unpaired) electrons. The second kappa shape index (κ2) is 8.34. The molecule has 0 saturated carbocycles. The van der Waals surface area contributed by atoms with Gasteiger partial charge in [0.25, 0.3) is 11.8 Å². The van der Waals surface area contributed by atoms with Crippen LogP contribution in [0.1, 0.15) is 58.2 Å². The molecule has 2 unspecified atom stereocenters. The minimum absolute atomic E-state index is 0.0533. The van der Waals surface area contributed by atoms with E-state index in [4.69, 9.17) is 0 Å². The third kappa shape index (κ3) is 3.37. The molecular formula is C28H25N5O3. The van der Waals surface area contributed by atoms with E-state index in [2.05, 4.69) is 15.3 Å². The van der Waals surface area contributed by atoms with Gasteiger partial charge in [-0.05, 0) is 36.2 Å². The summed E-state index contributed by atoms with van der Waals surface area (Å²) in [7, 11) is 0. The molecule has 2 aliphatic rings. The lowest BCUT2D eigenvalue weighted by Gasteiger charge is -2.40. The first-order valence-corrected chi connectivity index (χ1v) is 12.0. The van der Waals surface area contributed by atoms with Crippen LogP contribution >= 0.6 is 0 Å². The minimum atomic E-state index is -0.675. The van der Waals surface area contributed by atoms with Gasteiger partial charge in [0.05, 0.1) is 28.3 Å². The molecule has 0 fully saturated rings. The number of hydrogen-bond donors (Lipinski definition) is 2. The van der Waals surface area contributed by atoms with Crippen LogP contribution < -0.4 is 10.2 Å². The van der Waals surface area contributed by atoms with E-state index in [9.17, 15) is 14.4 Å². The Balaban J connectivity index is 1.33. The average Bonchev–Trinajstić information content (AvgIpc) is 3.44. The maximum absolute atomic E-state index is 13.6. The van der Waals surface area contributed by atoms with Crippen LogP contribution in [0.4, 0.5) is 5.69 Å². The Morgan fingerprint density at radius 2 is 1.64 bits per heavy atom. The number of aromatic nitrogens is 2. The molecule has 3 heterocycles. The summed E-state index contributed by atoms with van der Waals surface area (Å²) >= 11 is 0. The van der Waals surface area contributed by atoms with Crippen molar-refractivity contribution in [1.29, 1.82) is 0 Å². The highest BCUT2D eigenvalue weighted by atomic mass is 16.2. The van der Waals surface area contributed by atoms with Gasteiger partial charge in [0.2, 0.25) is 5.91 Å². The molecule has 6 rings (SSSR count). The Labute approximate surface area is 207 Å². The molecule has 2 atom stereocenters. The number of hydrogen-bond acceptors (Lipinski definition) is 4. The molecule has 0 aliphatic carbocycles. The van der Waals surface area contributed by atoms with Crippen LogP contribution in [0, 0.1) is 5.92 Å². The van der Waals surface area contributed by atoms with Crippen molar-refractivity contribution < 1.29 is 14.4 Å². The summed E-state index contributed by atoms with van der Waals surface area (Å²) in [5.41, 5.74) is 3.95. The first kappa shape index (κ1) is 22.0. The third-order valence-corrected chi connectivity index (χ3v) is 6.88. The number of amides is 3. The lowest BCUT2D eigenvalue weighted by atomic mass is 10.0. The molecule has 2 aliphatic heterocycles. The van der Waals surface area contributed by atoms with E-state index in [1.807, 2.05) is 56.3 Å². The number of para-hydroxylation sites is 3. The van der Waals surface area contributed by atoms with Gasteiger partial charge < -0.3 is 15.2 Å². The van der Waals surface area contributed by atoms with Crippen molar-refractivity contribution in [1.82, 2.24) is 20.2 Å². The van der Waals surface area contributed by atoms with Crippen molar-refractivity contribution in [2.75, 3.05) is 11.4 Å². The highest BCUT2D eigenvalue weighted by Crippen LogP contribution is 2.45. The molecule has 8 heteroatoms. The molecule has 3 amide bonds. The quantitative estimate of drug-likeness (QED) is 0.448. The molecule has 8 nitrogen and oxygen atoms in total. The Kier molecular flexibility index (Phi) is 5.10. The van der Waals surface area contributed by atoms with Crippen LogP contribution in [-0.2, 0) is 4.79 Å². The van der Waals surface area contributed by atoms with E-state index < -0.39 is 6.17 Å². The second-order valence-corrected chi connectivity index (χ2v) is 9.51. The highest BCUT2D eigenvalue weighted by molar-refractivity contribution is 6.17. The zero-order chi connectivity index (χ0) is 25.0. The van der Waals surface area contributed by atoms with Gasteiger partial charge in [-0.1, -0.05) is 56.3 Å².